The lowest BCUT2D eigenvalue weighted by Crippen LogP contribution is -2.27. The fraction of sp³-hybridized carbons (Fsp3) is 0.571. The van der Waals surface area contributed by atoms with Crippen LogP contribution in [0, 0.1) is 0 Å². The number of carbonyl (C=O) groups excluding carboxylic acids is 1. The van der Waals surface area contributed by atoms with Gasteiger partial charge >= 0.3 is 0 Å². The van der Waals surface area contributed by atoms with Crippen LogP contribution in [0.4, 0.5) is 0 Å². The van der Waals surface area contributed by atoms with Crippen LogP contribution in [0.3, 0.4) is 0 Å². The highest BCUT2D eigenvalue weighted by atomic mass is 16.3. The molecule has 0 unspecified atom stereocenters. The van der Waals surface area contributed by atoms with E-state index in [1.54, 1.807) is 4.90 Å². The Morgan fingerprint density at radius 3 is 2.90 bits per heavy atom. The van der Waals surface area contributed by atoms with Crippen LogP contribution in [-0.2, 0) is 4.79 Å². The van der Waals surface area contributed by atoms with E-state index in [2.05, 4.69) is 6.58 Å². The fourth-order valence-electron chi connectivity index (χ4n) is 1.07. The third kappa shape index (κ3) is 1.36. The first-order valence-corrected chi connectivity index (χ1v) is 3.33. The summed E-state index contributed by atoms with van der Waals surface area (Å²) in [5, 5.41) is 9.02. The highest BCUT2D eigenvalue weighted by Crippen LogP contribution is 2.08. The number of rotatable bonds is 1. The van der Waals surface area contributed by atoms with Gasteiger partial charge < -0.3 is 10.0 Å². The minimum Gasteiger partial charge on any atom is -0.391 e. The van der Waals surface area contributed by atoms with Gasteiger partial charge in [0.25, 0.3) is 0 Å². The largest absolute Gasteiger partial charge is 0.391 e. The normalized spacial score (nSPS) is 24.9. The molecule has 1 fully saturated rings. The average Bonchev–Trinajstić information content (AvgIpc) is 2.34. The van der Waals surface area contributed by atoms with Crippen molar-refractivity contribution in [3.8, 4) is 0 Å². The first-order chi connectivity index (χ1) is 4.74. The van der Waals surface area contributed by atoms with E-state index >= 15 is 0 Å². The summed E-state index contributed by atoms with van der Waals surface area (Å²) in [6.45, 7) is 4.48. The van der Waals surface area contributed by atoms with Crippen LogP contribution in [0.2, 0.25) is 0 Å². The molecule has 0 aliphatic carbocycles. The molecule has 1 N–H and O–H groups in total. The maximum absolute atomic E-state index is 10.9. The fourth-order valence-corrected chi connectivity index (χ4v) is 1.07. The van der Waals surface area contributed by atoms with Gasteiger partial charge in [0.1, 0.15) is 0 Å². The molecule has 1 saturated heterocycles. The molecule has 0 aromatic rings. The molecule has 56 valence electrons. The summed E-state index contributed by atoms with van der Waals surface area (Å²) in [7, 11) is 0. The lowest BCUT2D eigenvalue weighted by molar-refractivity contribution is -0.125. The average molecular weight is 141 g/mol. The quantitative estimate of drug-likeness (QED) is 0.512. The van der Waals surface area contributed by atoms with Crippen molar-refractivity contribution in [2.75, 3.05) is 13.1 Å². The lowest BCUT2D eigenvalue weighted by Gasteiger charge is -2.11. The van der Waals surface area contributed by atoms with Gasteiger partial charge in [-0.25, -0.2) is 0 Å². The number of hydrogen-bond donors (Lipinski definition) is 1. The number of carbonyl (C=O) groups is 1. The molecule has 1 aliphatic rings. The Bertz CT molecular complexity index is 156. The van der Waals surface area contributed by atoms with Gasteiger partial charge in [-0.05, 0) is 12.5 Å². The Labute approximate surface area is 59.9 Å². The lowest BCUT2D eigenvalue weighted by atomic mass is 10.3. The van der Waals surface area contributed by atoms with Crippen LogP contribution in [0.5, 0.6) is 0 Å². The van der Waals surface area contributed by atoms with Gasteiger partial charge in [0.2, 0.25) is 5.91 Å². The predicted molar refractivity (Wildman–Crippen MR) is 37.4 cm³/mol. The highest BCUT2D eigenvalue weighted by molar-refractivity contribution is 5.87. The van der Waals surface area contributed by atoms with Crippen molar-refractivity contribution in [1.82, 2.24) is 4.90 Å². The number of aliphatic hydroxyl groups excluding tert-OH is 1. The molecular weight excluding hydrogens is 130 g/mol. The monoisotopic (exact) mass is 141 g/mol. The molecule has 3 nitrogen and oxygen atoms in total. The van der Waals surface area contributed by atoms with Crippen molar-refractivity contribution >= 4 is 5.91 Å². The highest BCUT2D eigenvalue weighted by Gasteiger charge is 2.22. The van der Waals surface area contributed by atoms with E-state index in [-0.39, 0.29) is 12.0 Å². The van der Waals surface area contributed by atoms with Crippen LogP contribution in [0.1, 0.15) is 6.42 Å². The molecule has 0 aromatic heterocycles. The summed E-state index contributed by atoms with van der Waals surface area (Å²) in [5.74, 6) is -0.0865. The molecule has 1 amide bonds. The van der Waals surface area contributed by atoms with Crippen LogP contribution in [-0.4, -0.2) is 35.1 Å². The summed E-state index contributed by atoms with van der Waals surface area (Å²) < 4.78 is 0. The summed E-state index contributed by atoms with van der Waals surface area (Å²) >= 11 is 0. The Balaban J connectivity index is 2.44. The molecule has 1 aliphatic heterocycles. The number of hydrogen-bond acceptors (Lipinski definition) is 2. The minimum atomic E-state index is -0.330. The first kappa shape index (κ1) is 7.28. The van der Waals surface area contributed by atoms with Crippen LogP contribution >= 0.6 is 0 Å². The molecule has 0 aromatic carbocycles. The molecule has 0 bridgehead atoms. The zero-order valence-corrected chi connectivity index (χ0v) is 5.79. The van der Waals surface area contributed by atoms with E-state index in [1.807, 2.05) is 0 Å². The SMILES string of the molecule is C=CC(=O)N1CC[C@@H](O)C1. The molecule has 1 heterocycles. The second-order valence-electron chi connectivity index (χ2n) is 2.43. The van der Waals surface area contributed by atoms with E-state index in [9.17, 15) is 4.79 Å². The van der Waals surface area contributed by atoms with E-state index in [0.717, 1.165) is 0 Å². The number of likely N-dealkylation sites (tertiary alicyclic amines) is 1. The molecule has 3 heteroatoms. The number of β-amino-alcohol motifs (C(OH)–C–C–N with tert-alkyl or cyclic N) is 1. The first-order valence-electron chi connectivity index (χ1n) is 3.33. The van der Waals surface area contributed by atoms with Crippen LogP contribution in [0.15, 0.2) is 12.7 Å². The number of nitrogens with zero attached hydrogens (tertiary/aromatic N) is 1. The third-order valence-electron chi connectivity index (χ3n) is 1.65. The second-order valence-corrected chi connectivity index (χ2v) is 2.43. The Kier molecular flexibility index (Phi) is 2.06. The standard InChI is InChI=1S/C7H11NO2/c1-2-7(10)8-4-3-6(9)5-8/h2,6,9H,1,3-5H2/t6-/m1/s1. The van der Waals surface area contributed by atoms with Gasteiger partial charge in [0.05, 0.1) is 6.10 Å². The molecule has 0 saturated carbocycles. The van der Waals surface area contributed by atoms with Crippen LogP contribution in [0.25, 0.3) is 0 Å². The van der Waals surface area contributed by atoms with Gasteiger partial charge in [0, 0.05) is 13.1 Å². The van der Waals surface area contributed by atoms with Crippen molar-refractivity contribution < 1.29 is 9.90 Å². The summed E-state index contributed by atoms with van der Waals surface area (Å²) in [4.78, 5) is 12.5. The van der Waals surface area contributed by atoms with Crippen molar-refractivity contribution in [3.05, 3.63) is 12.7 Å². The number of aliphatic hydroxyl groups is 1. The summed E-state index contributed by atoms with van der Waals surface area (Å²) in [6.07, 6.45) is 1.64. The minimum absolute atomic E-state index is 0.0865. The molecule has 0 radical (unpaired) electrons. The molecular formula is C7H11NO2. The zero-order valence-electron chi connectivity index (χ0n) is 5.79. The smallest absolute Gasteiger partial charge is 0.246 e. The van der Waals surface area contributed by atoms with Gasteiger partial charge in [0.15, 0.2) is 0 Å². The maximum atomic E-state index is 10.9. The van der Waals surface area contributed by atoms with Crippen molar-refractivity contribution in [1.29, 1.82) is 0 Å². The second kappa shape index (κ2) is 2.84. The Morgan fingerprint density at radius 1 is 1.80 bits per heavy atom. The van der Waals surface area contributed by atoms with Gasteiger partial charge in [-0.2, -0.15) is 0 Å². The Hall–Kier alpha value is -0.830. The van der Waals surface area contributed by atoms with E-state index in [0.29, 0.717) is 19.5 Å². The van der Waals surface area contributed by atoms with Crippen molar-refractivity contribution in [3.63, 3.8) is 0 Å². The van der Waals surface area contributed by atoms with Crippen LogP contribution < -0.4 is 0 Å². The molecule has 1 rings (SSSR count). The topological polar surface area (TPSA) is 40.5 Å². The van der Waals surface area contributed by atoms with Gasteiger partial charge in [-0.3, -0.25) is 4.79 Å². The summed E-state index contributed by atoms with van der Waals surface area (Å²) in [5.41, 5.74) is 0. The third-order valence-corrected chi connectivity index (χ3v) is 1.65. The van der Waals surface area contributed by atoms with Crippen molar-refractivity contribution in [2.24, 2.45) is 0 Å². The molecule has 0 spiro atoms. The van der Waals surface area contributed by atoms with Crippen molar-refractivity contribution in [2.45, 2.75) is 12.5 Å². The van der Waals surface area contributed by atoms with Gasteiger partial charge in [-0.1, -0.05) is 6.58 Å². The van der Waals surface area contributed by atoms with E-state index in [4.69, 9.17) is 5.11 Å². The zero-order chi connectivity index (χ0) is 7.56. The Morgan fingerprint density at radius 2 is 2.50 bits per heavy atom. The predicted octanol–water partition coefficient (Wildman–Crippen LogP) is -0.234. The van der Waals surface area contributed by atoms with Gasteiger partial charge in [-0.15, -0.1) is 0 Å². The maximum Gasteiger partial charge on any atom is 0.246 e. The number of amides is 1. The molecule has 10 heavy (non-hydrogen) atoms. The summed E-state index contributed by atoms with van der Waals surface area (Å²) in [6, 6.07) is 0. The van der Waals surface area contributed by atoms with E-state index < -0.39 is 0 Å². The molecule has 1 atom stereocenters. The van der Waals surface area contributed by atoms with E-state index in [1.165, 1.54) is 6.08 Å².